The topological polar surface area (TPSA) is 38.9 Å². The third-order valence-corrected chi connectivity index (χ3v) is 2.12. The minimum absolute atomic E-state index is 0.399. The van der Waals surface area contributed by atoms with Gasteiger partial charge >= 0.3 is 0 Å². The Labute approximate surface area is 75.5 Å². The van der Waals surface area contributed by atoms with Crippen LogP contribution in [0.2, 0.25) is 5.15 Å². The van der Waals surface area contributed by atoms with E-state index in [9.17, 15) is 0 Å². The van der Waals surface area contributed by atoms with Crippen molar-refractivity contribution in [2.24, 2.45) is 0 Å². The molecule has 0 saturated heterocycles. The van der Waals surface area contributed by atoms with Gasteiger partial charge in [-0.15, -0.1) is 0 Å². The number of rotatable bonds is 0. The summed E-state index contributed by atoms with van der Waals surface area (Å²) < 4.78 is 5.50. The van der Waals surface area contributed by atoms with E-state index in [1.54, 1.807) is 12.3 Å². The summed E-state index contributed by atoms with van der Waals surface area (Å²) in [5.41, 5.74) is 0.636. The summed E-state index contributed by atoms with van der Waals surface area (Å²) in [5, 5.41) is 4.79. The van der Waals surface area contributed by atoms with Crippen LogP contribution in [0.15, 0.2) is 21.4 Å². The maximum Gasteiger partial charge on any atom is 0.172 e. The molecule has 0 amide bonds. The van der Waals surface area contributed by atoms with Crippen molar-refractivity contribution in [1.82, 2.24) is 10.1 Å². The lowest BCUT2D eigenvalue weighted by atomic mass is 10.4. The molecule has 0 atom stereocenters. The van der Waals surface area contributed by atoms with Gasteiger partial charge in [-0.2, -0.15) is 0 Å². The second kappa shape index (κ2) is 2.46. The van der Waals surface area contributed by atoms with E-state index < -0.39 is 0 Å². The predicted octanol–water partition coefficient (Wildman–Crippen LogP) is 2.64. The van der Waals surface area contributed by atoms with Crippen LogP contribution in [0.3, 0.4) is 0 Å². The number of hydrogen-bond acceptors (Lipinski definition) is 3. The second-order valence-electron chi connectivity index (χ2n) is 1.95. The van der Waals surface area contributed by atoms with Gasteiger partial charge in [0.15, 0.2) is 10.2 Å². The van der Waals surface area contributed by atoms with Crippen molar-refractivity contribution < 1.29 is 4.52 Å². The zero-order valence-electron chi connectivity index (χ0n) is 5.21. The number of hydrogen-bond donors (Lipinski definition) is 0. The quantitative estimate of drug-likeness (QED) is 0.657. The molecule has 2 rings (SSSR count). The van der Waals surface area contributed by atoms with Crippen molar-refractivity contribution in [2.45, 2.75) is 0 Å². The average Bonchev–Trinajstić information content (AvgIpc) is 2.34. The standard InChI is InChI=1S/C6H2BrClN2O/c7-5-4-3(11-10-5)1-2-9-6(4)8/h1-2H. The Morgan fingerprint density at radius 2 is 2.36 bits per heavy atom. The molecule has 2 heterocycles. The van der Waals surface area contributed by atoms with E-state index in [-0.39, 0.29) is 0 Å². The predicted molar refractivity (Wildman–Crippen MR) is 44.5 cm³/mol. The summed E-state index contributed by atoms with van der Waals surface area (Å²) in [5.74, 6) is 0. The smallest absolute Gasteiger partial charge is 0.172 e. The highest BCUT2D eigenvalue weighted by Crippen LogP contribution is 2.27. The van der Waals surface area contributed by atoms with Gasteiger partial charge < -0.3 is 4.52 Å². The van der Waals surface area contributed by atoms with Gasteiger partial charge in [0.05, 0.1) is 5.39 Å². The molecule has 0 aromatic carbocycles. The number of pyridine rings is 1. The highest BCUT2D eigenvalue weighted by atomic mass is 79.9. The van der Waals surface area contributed by atoms with Gasteiger partial charge in [-0.1, -0.05) is 16.8 Å². The van der Waals surface area contributed by atoms with Crippen LogP contribution < -0.4 is 0 Å². The van der Waals surface area contributed by atoms with E-state index >= 15 is 0 Å². The van der Waals surface area contributed by atoms with Crippen LogP contribution >= 0.6 is 27.5 Å². The Hall–Kier alpha value is -0.610. The molecule has 0 saturated carbocycles. The maximum absolute atomic E-state index is 5.76. The molecule has 0 aliphatic rings. The minimum Gasteiger partial charge on any atom is -0.355 e. The van der Waals surface area contributed by atoms with Gasteiger partial charge in [0, 0.05) is 12.3 Å². The van der Waals surface area contributed by atoms with Crippen molar-refractivity contribution >= 4 is 38.5 Å². The summed E-state index contributed by atoms with van der Waals surface area (Å²) in [7, 11) is 0. The molecule has 0 fully saturated rings. The molecular weight excluding hydrogens is 231 g/mol. The normalized spacial score (nSPS) is 10.7. The third kappa shape index (κ3) is 1.02. The van der Waals surface area contributed by atoms with Gasteiger partial charge in [-0.25, -0.2) is 4.98 Å². The van der Waals surface area contributed by atoms with E-state index in [1.807, 2.05) is 0 Å². The number of nitrogens with zero attached hydrogens (tertiary/aromatic N) is 2. The lowest BCUT2D eigenvalue weighted by Gasteiger charge is -1.87. The molecule has 0 unspecified atom stereocenters. The fourth-order valence-corrected chi connectivity index (χ4v) is 1.63. The lowest BCUT2D eigenvalue weighted by Crippen LogP contribution is -1.73. The van der Waals surface area contributed by atoms with Crippen LogP contribution in [-0.4, -0.2) is 10.1 Å². The molecular formula is C6H2BrClN2O. The molecule has 0 bridgehead atoms. The van der Waals surface area contributed by atoms with Crippen LogP contribution in [0.1, 0.15) is 0 Å². The molecule has 0 spiro atoms. The van der Waals surface area contributed by atoms with Gasteiger partial charge in [0.2, 0.25) is 0 Å². The molecule has 3 nitrogen and oxygen atoms in total. The van der Waals surface area contributed by atoms with Crippen LogP contribution in [0.4, 0.5) is 0 Å². The highest BCUT2D eigenvalue weighted by molar-refractivity contribution is 9.10. The highest BCUT2D eigenvalue weighted by Gasteiger charge is 2.08. The zero-order valence-corrected chi connectivity index (χ0v) is 7.56. The fourth-order valence-electron chi connectivity index (χ4n) is 0.818. The first kappa shape index (κ1) is 7.06. The molecule has 0 N–H and O–H groups in total. The Balaban J connectivity index is 2.96. The van der Waals surface area contributed by atoms with Crippen molar-refractivity contribution in [1.29, 1.82) is 0 Å². The van der Waals surface area contributed by atoms with E-state index in [2.05, 4.69) is 26.1 Å². The Bertz CT molecular complexity index is 400. The van der Waals surface area contributed by atoms with Crippen molar-refractivity contribution in [3.05, 3.63) is 22.0 Å². The van der Waals surface area contributed by atoms with E-state index in [4.69, 9.17) is 16.1 Å². The first-order chi connectivity index (χ1) is 5.29. The van der Waals surface area contributed by atoms with Crippen molar-refractivity contribution in [3.8, 4) is 0 Å². The Morgan fingerprint density at radius 3 is 3.09 bits per heavy atom. The first-order valence-electron chi connectivity index (χ1n) is 2.84. The van der Waals surface area contributed by atoms with Gasteiger partial charge in [0.1, 0.15) is 5.15 Å². The van der Waals surface area contributed by atoms with E-state index in [0.29, 0.717) is 20.7 Å². The number of fused-ring (bicyclic) bond motifs is 1. The van der Waals surface area contributed by atoms with Crippen LogP contribution in [0.25, 0.3) is 11.0 Å². The summed E-state index contributed by atoms with van der Waals surface area (Å²) in [4.78, 5) is 3.88. The molecule has 0 aliphatic heterocycles. The average molecular weight is 233 g/mol. The molecule has 5 heteroatoms. The molecule has 0 aliphatic carbocycles. The third-order valence-electron chi connectivity index (χ3n) is 1.30. The number of halogens is 2. The van der Waals surface area contributed by atoms with Gasteiger partial charge in [-0.3, -0.25) is 0 Å². The lowest BCUT2D eigenvalue weighted by molar-refractivity contribution is 0.451. The Morgan fingerprint density at radius 1 is 1.55 bits per heavy atom. The van der Waals surface area contributed by atoms with Crippen LogP contribution in [0.5, 0.6) is 0 Å². The van der Waals surface area contributed by atoms with E-state index in [0.717, 1.165) is 0 Å². The van der Waals surface area contributed by atoms with Crippen molar-refractivity contribution in [3.63, 3.8) is 0 Å². The fraction of sp³-hybridized carbons (Fsp3) is 0. The monoisotopic (exact) mass is 232 g/mol. The van der Waals surface area contributed by atoms with Crippen molar-refractivity contribution in [2.75, 3.05) is 0 Å². The minimum atomic E-state index is 0.399. The van der Waals surface area contributed by atoms with Gasteiger partial charge in [0.25, 0.3) is 0 Å². The maximum atomic E-state index is 5.76. The summed E-state index contributed by atoms with van der Waals surface area (Å²) in [6.07, 6.45) is 1.57. The molecule has 11 heavy (non-hydrogen) atoms. The van der Waals surface area contributed by atoms with Crippen LogP contribution in [-0.2, 0) is 0 Å². The molecule has 0 radical (unpaired) electrons. The number of aromatic nitrogens is 2. The first-order valence-corrected chi connectivity index (χ1v) is 4.01. The van der Waals surface area contributed by atoms with Crippen LogP contribution in [0, 0.1) is 0 Å². The van der Waals surface area contributed by atoms with Gasteiger partial charge in [-0.05, 0) is 15.9 Å². The molecule has 2 aromatic rings. The summed E-state index contributed by atoms with van der Waals surface area (Å²) in [6.45, 7) is 0. The summed E-state index contributed by atoms with van der Waals surface area (Å²) >= 11 is 8.95. The van der Waals surface area contributed by atoms with E-state index in [1.165, 1.54) is 0 Å². The second-order valence-corrected chi connectivity index (χ2v) is 3.06. The molecule has 2 aromatic heterocycles. The zero-order chi connectivity index (χ0) is 7.84. The molecule has 56 valence electrons. The summed E-state index contributed by atoms with van der Waals surface area (Å²) in [6, 6.07) is 1.71. The largest absolute Gasteiger partial charge is 0.355 e. The Kier molecular flexibility index (Phi) is 1.58. The SMILES string of the molecule is Clc1nccc2onc(Br)c12.